The van der Waals surface area contributed by atoms with Crippen LogP contribution in [-0.2, 0) is 6.42 Å². The Bertz CT molecular complexity index is 896. The SMILES string of the molecule is COc1cc(N2CCN(CCc3ccc(Cl)cc3)C2=O)ccc1/C(C=N)=C/N. The zero-order valence-electron chi connectivity index (χ0n) is 15.7. The highest BCUT2D eigenvalue weighted by Crippen LogP contribution is 2.31. The molecule has 3 rings (SSSR count). The monoisotopic (exact) mass is 398 g/mol. The van der Waals surface area contributed by atoms with E-state index in [4.69, 9.17) is 27.5 Å². The van der Waals surface area contributed by atoms with Gasteiger partial charge in [-0.05, 0) is 36.2 Å². The molecule has 0 atom stereocenters. The van der Waals surface area contributed by atoms with E-state index in [1.807, 2.05) is 47.4 Å². The van der Waals surface area contributed by atoms with Crippen LogP contribution in [0.3, 0.4) is 0 Å². The first-order chi connectivity index (χ1) is 13.6. The molecule has 3 N–H and O–H groups in total. The molecule has 0 bridgehead atoms. The van der Waals surface area contributed by atoms with E-state index in [1.165, 1.54) is 12.4 Å². The number of carbonyl (C=O) groups is 1. The lowest BCUT2D eigenvalue weighted by Crippen LogP contribution is -2.33. The minimum atomic E-state index is -0.0228. The van der Waals surface area contributed by atoms with Crippen LogP contribution in [0.1, 0.15) is 11.1 Å². The van der Waals surface area contributed by atoms with Crippen LogP contribution in [0, 0.1) is 5.41 Å². The van der Waals surface area contributed by atoms with Gasteiger partial charge in [-0.2, -0.15) is 0 Å². The van der Waals surface area contributed by atoms with Gasteiger partial charge >= 0.3 is 6.03 Å². The van der Waals surface area contributed by atoms with Gasteiger partial charge in [-0.1, -0.05) is 23.7 Å². The van der Waals surface area contributed by atoms with Crippen molar-refractivity contribution in [1.29, 1.82) is 5.41 Å². The second-order valence-corrected chi connectivity index (χ2v) is 6.89. The number of nitrogens with zero attached hydrogens (tertiary/aromatic N) is 2. The van der Waals surface area contributed by atoms with Crippen LogP contribution in [0.4, 0.5) is 10.5 Å². The lowest BCUT2D eigenvalue weighted by atomic mass is 10.1. The molecule has 28 heavy (non-hydrogen) atoms. The highest BCUT2D eigenvalue weighted by atomic mass is 35.5. The predicted octanol–water partition coefficient (Wildman–Crippen LogP) is 3.78. The van der Waals surface area contributed by atoms with E-state index >= 15 is 0 Å². The summed E-state index contributed by atoms with van der Waals surface area (Å²) in [5.74, 6) is 0.574. The molecule has 1 aliphatic rings. The van der Waals surface area contributed by atoms with Crippen LogP contribution in [-0.4, -0.2) is 43.9 Å². The number of halogens is 1. The Kier molecular flexibility index (Phi) is 6.21. The molecule has 0 aromatic heterocycles. The number of urea groups is 1. The van der Waals surface area contributed by atoms with E-state index in [0.717, 1.165) is 23.2 Å². The maximum atomic E-state index is 12.8. The highest BCUT2D eigenvalue weighted by molar-refractivity contribution is 6.30. The summed E-state index contributed by atoms with van der Waals surface area (Å²) in [6.07, 6.45) is 3.32. The van der Waals surface area contributed by atoms with Crippen molar-refractivity contribution in [3.63, 3.8) is 0 Å². The third-order valence-corrected chi connectivity index (χ3v) is 5.07. The number of hydrogen-bond acceptors (Lipinski definition) is 4. The maximum absolute atomic E-state index is 12.8. The summed E-state index contributed by atoms with van der Waals surface area (Å²) in [5.41, 5.74) is 8.77. The van der Waals surface area contributed by atoms with Crippen LogP contribution in [0.5, 0.6) is 5.75 Å². The van der Waals surface area contributed by atoms with Crippen LogP contribution >= 0.6 is 11.6 Å². The average molecular weight is 399 g/mol. The molecule has 146 valence electrons. The molecule has 2 aromatic rings. The highest BCUT2D eigenvalue weighted by Gasteiger charge is 2.29. The normalized spacial score (nSPS) is 14.5. The first kappa shape index (κ1) is 19.8. The number of hydrogen-bond donors (Lipinski definition) is 2. The van der Waals surface area contributed by atoms with Crippen molar-refractivity contribution in [1.82, 2.24) is 4.90 Å². The summed E-state index contributed by atoms with van der Waals surface area (Å²) in [7, 11) is 1.56. The van der Waals surface area contributed by atoms with Gasteiger partial charge in [-0.25, -0.2) is 4.79 Å². The molecule has 0 radical (unpaired) electrons. The van der Waals surface area contributed by atoms with Crippen molar-refractivity contribution < 1.29 is 9.53 Å². The fraction of sp³-hybridized carbons (Fsp3) is 0.238. The number of methoxy groups -OCH3 is 1. The van der Waals surface area contributed by atoms with Gasteiger partial charge in [-0.15, -0.1) is 0 Å². The van der Waals surface area contributed by atoms with Gasteiger partial charge in [0.1, 0.15) is 5.75 Å². The van der Waals surface area contributed by atoms with Gasteiger partial charge in [0.2, 0.25) is 0 Å². The fourth-order valence-electron chi connectivity index (χ4n) is 3.25. The Morgan fingerprint density at radius 1 is 1.25 bits per heavy atom. The molecule has 1 aliphatic heterocycles. The zero-order valence-corrected chi connectivity index (χ0v) is 16.4. The quantitative estimate of drug-likeness (QED) is 0.696. The lowest BCUT2D eigenvalue weighted by molar-refractivity contribution is 0.221. The van der Waals surface area contributed by atoms with Crippen molar-refractivity contribution in [3.05, 3.63) is 64.8 Å². The molecule has 1 heterocycles. The Balaban J connectivity index is 1.71. The first-order valence-electron chi connectivity index (χ1n) is 8.99. The van der Waals surface area contributed by atoms with Crippen molar-refractivity contribution >= 4 is 35.1 Å². The molecular weight excluding hydrogens is 376 g/mol. The predicted molar refractivity (Wildman–Crippen MR) is 113 cm³/mol. The number of amides is 2. The molecule has 0 spiro atoms. The second kappa shape index (κ2) is 8.80. The Labute approximate surface area is 169 Å². The standard InChI is InChI=1S/C21H23ClN4O2/c1-28-20-12-18(6-7-19(20)16(13-23)14-24)26-11-10-25(21(26)27)9-8-15-2-4-17(22)5-3-15/h2-7,12-14,23H,8-11,24H2,1H3/b16-14+,23-13?. The summed E-state index contributed by atoms with van der Waals surface area (Å²) in [6, 6.07) is 13.1. The van der Waals surface area contributed by atoms with Crippen LogP contribution in [0.15, 0.2) is 48.7 Å². The summed E-state index contributed by atoms with van der Waals surface area (Å²) < 4.78 is 5.45. The molecule has 1 fully saturated rings. The number of benzene rings is 2. The molecule has 2 aromatic carbocycles. The van der Waals surface area contributed by atoms with E-state index in [0.29, 0.717) is 36.0 Å². The van der Waals surface area contributed by atoms with Crippen LogP contribution in [0.2, 0.25) is 5.02 Å². The van der Waals surface area contributed by atoms with E-state index < -0.39 is 0 Å². The van der Waals surface area contributed by atoms with Crippen LogP contribution in [0.25, 0.3) is 5.57 Å². The van der Waals surface area contributed by atoms with Gasteiger partial charge in [0.25, 0.3) is 0 Å². The number of rotatable bonds is 7. The van der Waals surface area contributed by atoms with Gasteiger partial charge in [-0.3, -0.25) is 4.90 Å². The van der Waals surface area contributed by atoms with Crippen molar-refractivity contribution in [2.75, 3.05) is 31.6 Å². The third-order valence-electron chi connectivity index (χ3n) is 4.82. The summed E-state index contributed by atoms with van der Waals surface area (Å²) >= 11 is 5.92. The topological polar surface area (TPSA) is 82.7 Å². The lowest BCUT2D eigenvalue weighted by Gasteiger charge is -2.20. The number of carbonyl (C=O) groups excluding carboxylic acids is 1. The Hall–Kier alpha value is -2.99. The Morgan fingerprint density at radius 3 is 2.64 bits per heavy atom. The van der Waals surface area contributed by atoms with Gasteiger partial charge in [0.15, 0.2) is 0 Å². The van der Waals surface area contributed by atoms with Gasteiger partial charge in [0.05, 0.1) is 7.11 Å². The number of nitrogens with two attached hydrogens (primary N) is 1. The molecule has 6 nitrogen and oxygen atoms in total. The zero-order chi connectivity index (χ0) is 20.1. The largest absolute Gasteiger partial charge is 0.496 e. The summed E-state index contributed by atoms with van der Waals surface area (Å²) in [4.78, 5) is 16.4. The number of anilines is 1. The molecule has 0 saturated carbocycles. The Morgan fingerprint density at radius 2 is 2.00 bits per heavy atom. The van der Waals surface area contributed by atoms with Crippen molar-refractivity contribution in [2.24, 2.45) is 5.73 Å². The molecule has 0 aliphatic carbocycles. The smallest absolute Gasteiger partial charge is 0.324 e. The van der Waals surface area contributed by atoms with Crippen molar-refractivity contribution in [2.45, 2.75) is 6.42 Å². The fourth-order valence-corrected chi connectivity index (χ4v) is 3.37. The molecular formula is C21H23ClN4O2. The minimum absolute atomic E-state index is 0.0228. The number of nitrogens with one attached hydrogen (secondary N) is 1. The summed E-state index contributed by atoms with van der Waals surface area (Å²) in [6.45, 7) is 1.94. The number of ether oxygens (including phenoxy) is 1. The molecule has 1 saturated heterocycles. The van der Waals surface area contributed by atoms with Gasteiger partial charge in [0, 0.05) is 60.0 Å². The van der Waals surface area contributed by atoms with Crippen LogP contribution < -0.4 is 15.4 Å². The van der Waals surface area contributed by atoms with Gasteiger partial charge < -0.3 is 20.8 Å². The summed E-state index contributed by atoms with van der Waals surface area (Å²) in [5, 5.41) is 8.18. The molecule has 0 unspecified atom stereocenters. The average Bonchev–Trinajstić information content (AvgIpc) is 3.09. The second-order valence-electron chi connectivity index (χ2n) is 6.45. The number of allylic oxidation sites excluding steroid dienone is 1. The molecule has 7 heteroatoms. The molecule has 2 amide bonds. The van der Waals surface area contributed by atoms with Crippen molar-refractivity contribution in [3.8, 4) is 5.75 Å². The van der Waals surface area contributed by atoms with E-state index in [2.05, 4.69) is 0 Å². The first-order valence-corrected chi connectivity index (χ1v) is 9.37. The maximum Gasteiger partial charge on any atom is 0.324 e. The van der Waals surface area contributed by atoms with E-state index in [1.54, 1.807) is 12.0 Å². The van der Waals surface area contributed by atoms with E-state index in [9.17, 15) is 4.79 Å². The third kappa shape index (κ3) is 4.12. The van der Waals surface area contributed by atoms with E-state index in [-0.39, 0.29) is 6.03 Å². The minimum Gasteiger partial charge on any atom is -0.496 e.